The molecule has 3 aliphatic rings. The van der Waals surface area contributed by atoms with Crippen LogP contribution >= 0.6 is 0 Å². The second kappa shape index (κ2) is 9.07. The molecule has 1 aromatic heterocycles. The van der Waals surface area contributed by atoms with E-state index < -0.39 is 53.5 Å². The number of halogens is 6. The van der Waals surface area contributed by atoms with Crippen LogP contribution in [0.1, 0.15) is 53.3 Å². The molecule has 200 valence electrons. The molecule has 0 bridgehead atoms. The number of hydrogen-bond donors (Lipinski definition) is 2. The van der Waals surface area contributed by atoms with Crippen LogP contribution in [0.2, 0.25) is 0 Å². The molecule has 2 N–H and O–H groups in total. The molecule has 12 heteroatoms. The van der Waals surface area contributed by atoms with Crippen LogP contribution in [0.15, 0.2) is 35.3 Å². The number of nitrogens with one attached hydrogen (secondary N) is 2. The van der Waals surface area contributed by atoms with E-state index in [4.69, 9.17) is 0 Å². The summed E-state index contributed by atoms with van der Waals surface area (Å²) in [6.07, 6.45) is -6.67. The van der Waals surface area contributed by atoms with E-state index in [1.165, 1.54) is 19.1 Å². The fourth-order valence-corrected chi connectivity index (χ4v) is 5.50. The lowest BCUT2D eigenvalue weighted by molar-refractivity contribution is -0.150. The zero-order valence-electron chi connectivity index (χ0n) is 20.0. The van der Waals surface area contributed by atoms with Crippen molar-refractivity contribution in [2.24, 2.45) is 17.8 Å². The molecule has 0 spiro atoms. The maximum absolute atomic E-state index is 14.6. The van der Waals surface area contributed by atoms with Gasteiger partial charge in [0, 0.05) is 43.0 Å². The van der Waals surface area contributed by atoms with Crippen molar-refractivity contribution >= 4 is 11.6 Å². The first-order chi connectivity index (χ1) is 17.4. The van der Waals surface area contributed by atoms with Gasteiger partial charge in [-0.2, -0.15) is 13.2 Å². The van der Waals surface area contributed by atoms with E-state index in [9.17, 15) is 35.9 Å². The van der Waals surface area contributed by atoms with Crippen molar-refractivity contribution in [2.75, 3.05) is 25.5 Å². The van der Waals surface area contributed by atoms with Gasteiger partial charge in [0.05, 0.1) is 28.8 Å². The molecule has 1 amide bonds. The van der Waals surface area contributed by atoms with Crippen LogP contribution < -0.4 is 16.2 Å². The number of carbonyl (C=O) groups is 1. The van der Waals surface area contributed by atoms with E-state index in [1.807, 2.05) is 7.05 Å². The topological polar surface area (TPSA) is 66.4 Å². The number of pyridine rings is 1. The lowest BCUT2D eigenvalue weighted by Crippen LogP contribution is -2.32. The normalized spacial score (nSPS) is 27.6. The van der Waals surface area contributed by atoms with Gasteiger partial charge in [0.2, 0.25) is 0 Å². The maximum atomic E-state index is 14.6. The number of piperidine rings is 1. The van der Waals surface area contributed by atoms with Crippen LogP contribution in [0.3, 0.4) is 0 Å². The first-order valence-corrected chi connectivity index (χ1v) is 12.0. The van der Waals surface area contributed by atoms with Crippen molar-refractivity contribution in [3.63, 3.8) is 0 Å². The summed E-state index contributed by atoms with van der Waals surface area (Å²) in [6.45, 7) is 3.09. The number of fused-ring (bicyclic) bond motifs is 1. The number of alkyl halides is 5. The quantitative estimate of drug-likeness (QED) is 0.519. The lowest BCUT2D eigenvalue weighted by Gasteiger charge is -2.20. The SMILES string of the molecule is C[C@@H](NC(=O)c1cn([C@@H]2C[C@H]2C(F)(F)F)c(=O)cc1N[C@@H]1[C@@H]2CN(C)C[C@@H]21)c1cccc(C(F)F)c1F. The molecular formula is C25H26F6N4O2. The standard InChI is InChI=1S/C25H26F6N4O2/c1-11(12-4-3-5-13(21(12)26)23(27)28)32-24(37)16-10-35(19-6-17(19)25(29,30)31)20(36)7-18(16)33-22-14-8-34(2)9-15(14)22/h3-5,7,10-11,14-15,17,19,22-23,33H,6,8-9H2,1-2H3,(H,32,37)/t11-,14-,15+,17-,19-,22-/m1/s1. The largest absolute Gasteiger partial charge is 0.393 e. The molecule has 1 aromatic carbocycles. The number of rotatable bonds is 7. The molecule has 2 heterocycles. The Morgan fingerprint density at radius 3 is 2.38 bits per heavy atom. The zero-order valence-corrected chi connectivity index (χ0v) is 20.0. The molecule has 0 radical (unpaired) electrons. The number of nitrogens with zero attached hydrogens (tertiary/aromatic N) is 2. The minimum absolute atomic E-state index is 0.0134. The number of amides is 1. The average Bonchev–Trinajstić information content (AvgIpc) is 3.69. The molecular weight excluding hydrogens is 502 g/mol. The summed E-state index contributed by atoms with van der Waals surface area (Å²) in [5.41, 5.74) is -1.51. The van der Waals surface area contributed by atoms with Gasteiger partial charge in [0.25, 0.3) is 17.9 Å². The van der Waals surface area contributed by atoms with E-state index in [-0.39, 0.29) is 29.3 Å². The van der Waals surface area contributed by atoms with E-state index >= 15 is 0 Å². The van der Waals surface area contributed by atoms with Crippen LogP contribution in [0.25, 0.3) is 0 Å². The van der Waals surface area contributed by atoms with Crippen molar-refractivity contribution in [1.82, 2.24) is 14.8 Å². The highest BCUT2D eigenvalue weighted by Gasteiger charge is 2.57. The second-order valence-electron chi connectivity index (χ2n) is 10.3. The van der Waals surface area contributed by atoms with Crippen LogP contribution in [-0.4, -0.2) is 47.7 Å². The van der Waals surface area contributed by atoms with Gasteiger partial charge in [-0.25, -0.2) is 13.2 Å². The van der Waals surface area contributed by atoms with Gasteiger partial charge in [0.15, 0.2) is 0 Å². The lowest BCUT2D eigenvalue weighted by atomic mass is 10.0. The van der Waals surface area contributed by atoms with Crippen molar-refractivity contribution < 1.29 is 31.1 Å². The van der Waals surface area contributed by atoms with E-state index in [2.05, 4.69) is 15.5 Å². The fourth-order valence-electron chi connectivity index (χ4n) is 5.50. The Morgan fingerprint density at radius 1 is 1.14 bits per heavy atom. The summed E-state index contributed by atoms with van der Waals surface area (Å²) in [7, 11) is 1.99. The number of benzene rings is 1. The molecule has 6 atom stereocenters. The Bertz CT molecular complexity index is 1270. The number of aromatic nitrogens is 1. The first-order valence-electron chi connectivity index (χ1n) is 12.0. The molecule has 5 rings (SSSR count). The Kier molecular flexibility index (Phi) is 6.28. The van der Waals surface area contributed by atoms with Crippen molar-refractivity contribution in [3.8, 4) is 0 Å². The Morgan fingerprint density at radius 2 is 1.78 bits per heavy atom. The Balaban J connectivity index is 1.43. The third kappa shape index (κ3) is 4.83. The molecule has 2 saturated carbocycles. The van der Waals surface area contributed by atoms with Gasteiger partial charge in [-0.3, -0.25) is 9.59 Å². The zero-order chi connectivity index (χ0) is 26.8. The van der Waals surface area contributed by atoms with Crippen LogP contribution in [-0.2, 0) is 0 Å². The predicted molar refractivity (Wildman–Crippen MR) is 123 cm³/mol. The van der Waals surface area contributed by atoms with E-state index in [1.54, 1.807) is 0 Å². The van der Waals surface area contributed by atoms with Crippen LogP contribution in [0.5, 0.6) is 0 Å². The number of hydrogen-bond acceptors (Lipinski definition) is 4. The minimum Gasteiger partial charge on any atom is -0.381 e. The van der Waals surface area contributed by atoms with Gasteiger partial charge in [-0.1, -0.05) is 18.2 Å². The van der Waals surface area contributed by atoms with Gasteiger partial charge < -0.3 is 20.1 Å². The summed E-state index contributed by atoms with van der Waals surface area (Å²) in [6, 6.07) is 2.47. The molecule has 1 saturated heterocycles. The third-order valence-electron chi connectivity index (χ3n) is 7.67. The fraction of sp³-hybridized carbons (Fsp3) is 0.520. The second-order valence-corrected chi connectivity index (χ2v) is 10.3. The van der Waals surface area contributed by atoms with Crippen LogP contribution in [0.4, 0.5) is 32.0 Å². The number of anilines is 1. The number of likely N-dealkylation sites (tertiary alicyclic amines) is 1. The van der Waals surface area contributed by atoms with Crippen molar-refractivity contribution in [3.05, 3.63) is 63.3 Å². The summed E-state index contributed by atoms with van der Waals surface area (Å²) in [5, 5.41) is 5.76. The van der Waals surface area contributed by atoms with Gasteiger partial charge in [0.1, 0.15) is 5.82 Å². The monoisotopic (exact) mass is 528 g/mol. The predicted octanol–water partition coefficient (Wildman–Crippen LogP) is 4.51. The number of carbonyl (C=O) groups excluding carboxylic acids is 1. The average molecular weight is 528 g/mol. The molecule has 1 aliphatic heterocycles. The highest BCUT2D eigenvalue weighted by molar-refractivity contribution is 5.99. The van der Waals surface area contributed by atoms with Gasteiger partial charge in [-0.15, -0.1) is 0 Å². The summed E-state index contributed by atoms with van der Waals surface area (Å²) in [4.78, 5) is 28.2. The Hall–Kier alpha value is -3.02. The summed E-state index contributed by atoms with van der Waals surface area (Å²) >= 11 is 0. The van der Waals surface area contributed by atoms with E-state index in [0.29, 0.717) is 11.8 Å². The van der Waals surface area contributed by atoms with Gasteiger partial charge in [-0.05, 0) is 32.2 Å². The van der Waals surface area contributed by atoms with Crippen molar-refractivity contribution in [2.45, 2.75) is 44.1 Å². The first kappa shape index (κ1) is 25.6. The Labute approximate surface area is 208 Å². The molecule has 37 heavy (non-hydrogen) atoms. The summed E-state index contributed by atoms with van der Waals surface area (Å²) < 4.78 is 81.3. The smallest absolute Gasteiger partial charge is 0.381 e. The maximum Gasteiger partial charge on any atom is 0.393 e. The van der Waals surface area contributed by atoms with Crippen LogP contribution in [0, 0.1) is 23.6 Å². The van der Waals surface area contributed by atoms with Crippen molar-refractivity contribution in [1.29, 1.82) is 0 Å². The molecule has 2 aromatic rings. The van der Waals surface area contributed by atoms with Gasteiger partial charge >= 0.3 is 6.18 Å². The molecule has 6 nitrogen and oxygen atoms in total. The molecule has 0 unspecified atom stereocenters. The molecule has 2 aliphatic carbocycles. The van der Waals surface area contributed by atoms with E-state index in [0.717, 1.165) is 36.0 Å². The third-order valence-corrected chi connectivity index (χ3v) is 7.67. The highest BCUT2D eigenvalue weighted by atomic mass is 19.4. The summed E-state index contributed by atoms with van der Waals surface area (Å²) in [5.74, 6) is -2.94. The molecule has 3 fully saturated rings. The minimum atomic E-state index is -4.47. The highest BCUT2D eigenvalue weighted by Crippen LogP contribution is 2.53.